The minimum Gasteiger partial charge on any atom is -0.395 e. The number of halogens is 1. The van der Waals surface area contributed by atoms with Crippen LogP contribution >= 0.6 is 11.6 Å². The van der Waals surface area contributed by atoms with Crippen LogP contribution in [0.15, 0.2) is 0 Å². The predicted molar refractivity (Wildman–Crippen MR) is 53.4 cm³/mol. The number of hydrogen-bond acceptors (Lipinski definition) is 3. The van der Waals surface area contributed by atoms with Crippen molar-refractivity contribution in [2.24, 2.45) is 0 Å². The predicted octanol–water partition coefficient (Wildman–Crippen LogP) is 0.307. The summed E-state index contributed by atoms with van der Waals surface area (Å²) in [5.74, 6) is 0.688. The third kappa shape index (κ3) is 8.49. The van der Waals surface area contributed by atoms with Crippen molar-refractivity contribution in [3.05, 3.63) is 0 Å². The van der Waals surface area contributed by atoms with Gasteiger partial charge in [0.2, 0.25) is 10.0 Å². The summed E-state index contributed by atoms with van der Waals surface area (Å²) in [7, 11) is -3.18. The third-order valence-electron chi connectivity index (χ3n) is 1.48. The molecule has 13 heavy (non-hydrogen) atoms. The lowest BCUT2D eigenvalue weighted by Gasteiger charge is -2.03. The third-order valence-corrected chi connectivity index (χ3v) is 3.22. The van der Waals surface area contributed by atoms with Gasteiger partial charge in [-0.15, -0.1) is 11.6 Å². The van der Waals surface area contributed by atoms with Crippen LogP contribution in [0.2, 0.25) is 0 Å². The van der Waals surface area contributed by atoms with Crippen molar-refractivity contribution in [2.45, 2.75) is 19.3 Å². The molecule has 0 unspecified atom stereocenters. The van der Waals surface area contributed by atoms with E-state index in [1.165, 1.54) is 0 Å². The molecule has 0 atom stereocenters. The van der Waals surface area contributed by atoms with Crippen LogP contribution in [-0.2, 0) is 10.0 Å². The van der Waals surface area contributed by atoms with Crippen LogP contribution in [0.4, 0.5) is 0 Å². The molecule has 0 aromatic carbocycles. The minimum atomic E-state index is -3.18. The van der Waals surface area contributed by atoms with Crippen molar-refractivity contribution < 1.29 is 13.5 Å². The maximum atomic E-state index is 11.1. The summed E-state index contributed by atoms with van der Waals surface area (Å²) in [6.07, 6.45) is 2.29. The van der Waals surface area contributed by atoms with Crippen LogP contribution in [0.3, 0.4) is 0 Å². The van der Waals surface area contributed by atoms with E-state index < -0.39 is 10.0 Å². The van der Waals surface area contributed by atoms with Crippen molar-refractivity contribution in [3.8, 4) is 0 Å². The van der Waals surface area contributed by atoms with Gasteiger partial charge in [0.05, 0.1) is 12.4 Å². The maximum absolute atomic E-state index is 11.1. The Hall–Kier alpha value is 0.160. The highest BCUT2D eigenvalue weighted by molar-refractivity contribution is 7.89. The standard InChI is InChI=1S/C7H16ClNO3S/c8-4-2-1-3-7-13(11,12)9-5-6-10/h9-10H,1-7H2. The number of aliphatic hydroxyl groups excluding tert-OH is 1. The molecule has 0 aliphatic rings. The molecule has 0 aromatic heterocycles. The molecule has 0 spiro atoms. The average molecular weight is 230 g/mol. The SMILES string of the molecule is O=S(=O)(CCCCCCl)NCCO. The van der Waals surface area contributed by atoms with Gasteiger partial charge in [0, 0.05) is 12.4 Å². The highest BCUT2D eigenvalue weighted by Crippen LogP contribution is 1.99. The lowest BCUT2D eigenvalue weighted by atomic mass is 10.3. The second-order valence-electron chi connectivity index (χ2n) is 2.69. The fraction of sp³-hybridized carbons (Fsp3) is 1.00. The maximum Gasteiger partial charge on any atom is 0.211 e. The van der Waals surface area contributed by atoms with Gasteiger partial charge >= 0.3 is 0 Å². The molecular formula is C7H16ClNO3S. The molecule has 0 aromatic rings. The Kier molecular flexibility index (Phi) is 7.65. The van der Waals surface area contributed by atoms with E-state index in [1.807, 2.05) is 0 Å². The minimum absolute atomic E-state index is 0.0951. The van der Waals surface area contributed by atoms with E-state index in [2.05, 4.69) is 4.72 Å². The van der Waals surface area contributed by atoms with Gasteiger partial charge in [-0.25, -0.2) is 13.1 Å². The molecule has 6 heteroatoms. The van der Waals surface area contributed by atoms with Crippen molar-refractivity contribution in [3.63, 3.8) is 0 Å². The van der Waals surface area contributed by atoms with Crippen LogP contribution in [0.25, 0.3) is 0 Å². The number of nitrogens with one attached hydrogen (secondary N) is 1. The average Bonchev–Trinajstić information content (AvgIpc) is 2.09. The summed E-state index contributed by atoms with van der Waals surface area (Å²) in [6.45, 7) is -0.0707. The van der Waals surface area contributed by atoms with E-state index in [-0.39, 0.29) is 18.9 Å². The largest absolute Gasteiger partial charge is 0.395 e. The first kappa shape index (κ1) is 13.2. The monoisotopic (exact) mass is 229 g/mol. The molecule has 0 rings (SSSR count). The van der Waals surface area contributed by atoms with Crippen LogP contribution in [0.1, 0.15) is 19.3 Å². The quantitative estimate of drug-likeness (QED) is 0.465. The van der Waals surface area contributed by atoms with E-state index in [9.17, 15) is 8.42 Å². The van der Waals surface area contributed by atoms with E-state index in [0.29, 0.717) is 12.3 Å². The summed E-state index contributed by atoms with van der Waals surface area (Å²) in [5.41, 5.74) is 0. The molecule has 0 heterocycles. The first-order valence-corrected chi connectivity index (χ1v) is 6.45. The molecule has 4 nitrogen and oxygen atoms in total. The Morgan fingerprint density at radius 3 is 2.46 bits per heavy atom. The van der Waals surface area contributed by atoms with Crippen LogP contribution in [0, 0.1) is 0 Å². The summed E-state index contributed by atoms with van der Waals surface area (Å²) in [5, 5.41) is 8.39. The molecular weight excluding hydrogens is 214 g/mol. The van der Waals surface area contributed by atoms with Gasteiger partial charge in [0.15, 0.2) is 0 Å². The molecule has 0 fully saturated rings. The van der Waals surface area contributed by atoms with Gasteiger partial charge in [0.25, 0.3) is 0 Å². The summed E-state index contributed by atoms with van der Waals surface area (Å²) in [4.78, 5) is 0. The van der Waals surface area contributed by atoms with Crippen LogP contribution in [-0.4, -0.2) is 38.3 Å². The normalized spacial score (nSPS) is 11.8. The van der Waals surface area contributed by atoms with Gasteiger partial charge in [-0.2, -0.15) is 0 Å². The zero-order valence-corrected chi connectivity index (χ0v) is 9.07. The van der Waals surface area contributed by atoms with E-state index >= 15 is 0 Å². The first-order valence-electron chi connectivity index (χ1n) is 4.26. The number of rotatable bonds is 8. The number of sulfonamides is 1. The van der Waals surface area contributed by atoms with E-state index in [1.54, 1.807) is 0 Å². The second kappa shape index (κ2) is 7.55. The van der Waals surface area contributed by atoms with Crippen molar-refractivity contribution in [1.29, 1.82) is 0 Å². The van der Waals surface area contributed by atoms with Crippen molar-refractivity contribution >= 4 is 21.6 Å². The Morgan fingerprint density at radius 2 is 1.92 bits per heavy atom. The Balaban J connectivity index is 3.52. The molecule has 2 N–H and O–H groups in total. The summed E-state index contributed by atoms with van der Waals surface area (Å²) >= 11 is 5.44. The molecule has 0 aliphatic heterocycles. The number of alkyl halides is 1. The molecule has 0 aliphatic carbocycles. The Morgan fingerprint density at radius 1 is 1.23 bits per heavy atom. The molecule has 0 saturated carbocycles. The second-order valence-corrected chi connectivity index (χ2v) is 4.99. The number of aliphatic hydroxyl groups is 1. The van der Waals surface area contributed by atoms with Gasteiger partial charge in [-0.3, -0.25) is 0 Å². The highest BCUT2D eigenvalue weighted by atomic mass is 35.5. The van der Waals surface area contributed by atoms with Crippen molar-refractivity contribution in [2.75, 3.05) is 24.8 Å². The molecule has 0 radical (unpaired) electrons. The fourth-order valence-corrected chi connectivity index (χ4v) is 2.16. The van der Waals surface area contributed by atoms with Gasteiger partial charge in [-0.05, 0) is 12.8 Å². The van der Waals surface area contributed by atoms with Crippen molar-refractivity contribution in [1.82, 2.24) is 4.72 Å². The molecule has 0 amide bonds. The topological polar surface area (TPSA) is 66.4 Å². The molecule has 80 valence electrons. The first-order chi connectivity index (χ1) is 6.12. The van der Waals surface area contributed by atoms with Crippen LogP contribution < -0.4 is 4.72 Å². The summed E-state index contributed by atoms with van der Waals surface area (Å²) in [6, 6.07) is 0. The van der Waals surface area contributed by atoms with E-state index in [0.717, 1.165) is 12.8 Å². The zero-order chi connectivity index (χ0) is 10.2. The van der Waals surface area contributed by atoms with E-state index in [4.69, 9.17) is 16.7 Å². The lowest BCUT2D eigenvalue weighted by molar-refractivity contribution is 0.301. The van der Waals surface area contributed by atoms with Crippen LogP contribution in [0.5, 0.6) is 0 Å². The number of hydrogen-bond donors (Lipinski definition) is 2. The lowest BCUT2D eigenvalue weighted by Crippen LogP contribution is -2.28. The van der Waals surface area contributed by atoms with Gasteiger partial charge < -0.3 is 5.11 Å². The zero-order valence-electron chi connectivity index (χ0n) is 7.50. The van der Waals surface area contributed by atoms with Gasteiger partial charge in [-0.1, -0.05) is 6.42 Å². The summed E-state index contributed by atoms with van der Waals surface area (Å²) < 4.78 is 24.5. The highest BCUT2D eigenvalue weighted by Gasteiger charge is 2.07. The molecule has 0 saturated heterocycles. The fourth-order valence-electron chi connectivity index (χ4n) is 0.837. The number of unbranched alkanes of at least 4 members (excludes halogenated alkanes) is 2. The van der Waals surface area contributed by atoms with Gasteiger partial charge in [0.1, 0.15) is 0 Å². The molecule has 0 bridgehead atoms. The smallest absolute Gasteiger partial charge is 0.211 e. The Bertz CT molecular complexity index is 206. The Labute approximate surface area is 84.3 Å².